The molecule has 0 aliphatic heterocycles. The second-order valence-electron chi connectivity index (χ2n) is 11.3. The molecule has 0 heteroatoms. The first-order valence-electron chi connectivity index (χ1n) is 11.4. The summed E-state index contributed by atoms with van der Waals surface area (Å²) in [6, 6.07) is 0. The second kappa shape index (κ2) is 5.87. The molecule has 4 saturated carbocycles. The van der Waals surface area contributed by atoms with Crippen molar-refractivity contribution in [1.82, 2.24) is 0 Å². The largest absolute Gasteiger partial charge is 0.0767 e. The maximum Gasteiger partial charge on any atom is -0.00826 e. The molecule has 142 valence electrons. The molecule has 0 aromatic heterocycles. The van der Waals surface area contributed by atoms with Crippen molar-refractivity contribution in [2.45, 2.75) is 106 Å². The first kappa shape index (κ1) is 18.1. The van der Waals surface area contributed by atoms with E-state index in [1.54, 1.807) is 5.57 Å². The molecule has 0 saturated heterocycles. The van der Waals surface area contributed by atoms with E-state index in [0.717, 1.165) is 23.7 Å². The van der Waals surface area contributed by atoms with Crippen LogP contribution in [0.2, 0.25) is 0 Å². The van der Waals surface area contributed by atoms with Gasteiger partial charge in [0.15, 0.2) is 0 Å². The monoisotopic (exact) mass is 342 g/mol. The summed E-state index contributed by atoms with van der Waals surface area (Å²) < 4.78 is 0. The molecule has 4 fully saturated rings. The third-order valence-electron chi connectivity index (χ3n) is 10.4. The fraction of sp³-hybridized carbons (Fsp3) is 0.920. The van der Waals surface area contributed by atoms with Gasteiger partial charge in [-0.3, -0.25) is 0 Å². The molecule has 0 N–H and O–H groups in total. The highest BCUT2D eigenvalue weighted by Crippen LogP contribution is 2.72. The van der Waals surface area contributed by atoms with Gasteiger partial charge in [-0.2, -0.15) is 0 Å². The molecule has 4 aliphatic rings. The molecule has 0 radical (unpaired) electrons. The maximum absolute atomic E-state index is 2.73. The highest BCUT2D eigenvalue weighted by molar-refractivity contribution is 5.28. The van der Waals surface area contributed by atoms with Crippen molar-refractivity contribution in [3.63, 3.8) is 0 Å². The fourth-order valence-electron chi connectivity index (χ4n) is 8.93. The Labute approximate surface area is 157 Å². The van der Waals surface area contributed by atoms with E-state index in [1.165, 1.54) is 64.2 Å². The minimum Gasteiger partial charge on any atom is -0.0767 e. The van der Waals surface area contributed by atoms with E-state index in [1.807, 2.05) is 5.57 Å². The van der Waals surface area contributed by atoms with Crippen LogP contribution in [0.25, 0.3) is 0 Å². The second-order valence-corrected chi connectivity index (χ2v) is 11.3. The van der Waals surface area contributed by atoms with Crippen molar-refractivity contribution >= 4 is 0 Å². The van der Waals surface area contributed by atoms with Gasteiger partial charge in [0.05, 0.1) is 0 Å². The normalized spacial score (nSPS) is 52.3. The number of hydrogen-bond acceptors (Lipinski definition) is 0. The van der Waals surface area contributed by atoms with Crippen LogP contribution in [0.3, 0.4) is 0 Å². The molecule has 7 atom stereocenters. The van der Waals surface area contributed by atoms with Crippen LogP contribution < -0.4 is 0 Å². The first-order valence-corrected chi connectivity index (χ1v) is 11.4. The van der Waals surface area contributed by atoms with E-state index in [-0.39, 0.29) is 0 Å². The van der Waals surface area contributed by atoms with Crippen molar-refractivity contribution in [2.75, 3.05) is 0 Å². The topological polar surface area (TPSA) is 0 Å². The van der Waals surface area contributed by atoms with Gasteiger partial charge in [-0.1, -0.05) is 58.1 Å². The Balaban J connectivity index is 1.76. The number of hydrogen-bond donors (Lipinski definition) is 0. The van der Waals surface area contributed by atoms with E-state index >= 15 is 0 Å². The van der Waals surface area contributed by atoms with Crippen molar-refractivity contribution in [3.8, 4) is 0 Å². The first-order chi connectivity index (χ1) is 11.8. The van der Waals surface area contributed by atoms with Gasteiger partial charge in [0.2, 0.25) is 0 Å². The third kappa shape index (κ3) is 2.31. The van der Waals surface area contributed by atoms with Crippen LogP contribution in [-0.4, -0.2) is 0 Å². The lowest BCUT2D eigenvalue weighted by molar-refractivity contribution is -0.171. The van der Waals surface area contributed by atoms with Gasteiger partial charge < -0.3 is 0 Å². The van der Waals surface area contributed by atoms with Crippen LogP contribution in [0.15, 0.2) is 11.1 Å². The Bertz CT molecular complexity index is 567. The minimum absolute atomic E-state index is 0.534. The molecule has 0 amide bonds. The van der Waals surface area contributed by atoms with Gasteiger partial charge in [-0.05, 0) is 98.7 Å². The molecule has 4 rings (SSSR count). The van der Waals surface area contributed by atoms with Gasteiger partial charge in [0.1, 0.15) is 0 Å². The van der Waals surface area contributed by atoms with Crippen LogP contribution in [0.1, 0.15) is 106 Å². The van der Waals surface area contributed by atoms with E-state index in [2.05, 4.69) is 41.5 Å². The molecular weight excluding hydrogens is 300 g/mol. The SMILES string of the molecule is CCC1CC2(C)CCCCC2(C)C2CCC3(C)C(=C(C)C)CCC3C12. The van der Waals surface area contributed by atoms with Crippen molar-refractivity contribution in [1.29, 1.82) is 0 Å². The lowest BCUT2D eigenvalue weighted by Crippen LogP contribution is -2.59. The molecule has 25 heavy (non-hydrogen) atoms. The van der Waals surface area contributed by atoms with Gasteiger partial charge in [-0.15, -0.1) is 0 Å². The molecule has 0 bridgehead atoms. The van der Waals surface area contributed by atoms with Crippen molar-refractivity contribution in [2.24, 2.45) is 39.9 Å². The summed E-state index contributed by atoms with van der Waals surface area (Å²) in [4.78, 5) is 0. The molecule has 0 aromatic rings. The van der Waals surface area contributed by atoms with E-state index in [9.17, 15) is 0 Å². The Hall–Kier alpha value is -0.260. The Kier molecular flexibility index (Phi) is 4.25. The molecule has 0 spiro atoms. The van der Waals surface area contributed by atoms with Gasteiger partial charge in [0, 0.05) is 0 Å². The van der Waals surface area contributed by atoms with Crippen molar-refractivity contribution in [3.05, 3.63) is 11.1 Å². The fourth-order valence-corrected chi connectivity index (χ4v) is 8.93. The maximum atomic E-state index is 2.73. The molecule has 7 unspecified atom stereocenters. The van der Waals surface area contributed by atoms with Crippen molar-refractivity contribution < 1.29 is 0 Å². The lowest BCUT2D eigenvalue weighted by atomic mass is 9.38. The summed E-state index contributed by atoms with van der Waals surface area (Å²) in [5.74, 6) is 3.98. The average molecular weight is 343 g/mol. The number of fused-ring (bicyclic) bond motifs is 5. The van der Waals surface area contributed by atoms with Crippen LogP contribution in [0.4, 0.5) is 0 Å². The van der Waals surface area contributed by atoms with E-state index < -0.39 is 0 Å². The lowest BCUT2D eigenvalue weighted by Gasteiger charge is -2.66. The molecule has 0 aromatic carbocycles. The predicted octanol–water partition coefficient (Wildman–Crippen LogP) is 7.78. The summed E-state index contributed by atoms with van der Waals surface area (Å²) >= 11 is 0. The molecular formula is C25H42. The zero-order valence-corrected chi connectivity index (χ0v) is 17.9. The van der Waals surface area contributed by atoms with Gasteiger partial charge in [0.25, 0.3) is 0 Å². The predicted molar refractivity (Wildman–Crippen MR) is 108 cm³/mol. The number of rotatable bonds is 1. The summed E-state index contributed by atoms with van der Waals surface area (Å²) in [6.07, 6.45) is 14.8. The third-order valence-corrected chi connectivity index (χ3v) is 10.4. The number of allylic oxidation sites excluding steroid dienone is 2. The summed E-state index contributed by atoms with van der Waals surface area (Å²) in [5, 5.41) is 0. The van der Waals surface area contributed by atoms with E-state index in [0.29, 0.717) is 16.2 Å². The standard InChI is InChI=1S/C25H42/c1-7-18-16-23(4)13-8-9-14-25(23,6)21-12-15-24(5)19(17(2)3)10-11-20(24)22(18)21/h18,20-22H,7-16H2,1-6H3. The minimum atomic E-state index is 0.534. The smallest absolute Gasteiger partial charge is 0.00826 e. The average Bonchev–Trinajstić information content (AvgIpc) is 2.92. The summed E-state index contributed by atoms with van der Waals surface area (Å²) in [7, 11) is 0. The Morgan fingerprint density at radius 1 is 0.960 bits per heavy atom. The highest BCUT2D eigenvalue weighted by atomic mass is 14.7. The van der Waals surface area contributed by atoms with Gasteiger partial charge in [-0.25, -0.2) is 0 Å². The van der Waals surface area contributed by atoms with Gasteiger partial charge >= 0.3 is 0 Å². The molecule has 0 heterocycles. The van der Waals surface area contributed by atoms with Crippen LogP contribution in [0, 0.1) is 39.9 Å². The zero-order chi connectivity index (χ0) is 18.0. The zero-order valence-electron chi connectivity index (χ0n) is 17.9. The van der Waals surface area contributed by atoms with Crippen LogP contribution in [0.5, 0.6) is 0 Å². The molecule has 4 aliphatic carbocycles. The molecule has 0 nitrogen and oxygen atoms in total. The summed E-state index contributed by atoms with van der Waals surface area (Å²) in [5.41, 5.74) is 5.27. The quantitative estimate of drug-likeness (QED) is 0.427. The Morgan fingerprint density at radius 2 is 1.68 bits per heavy atom. The Morgan fingerprint density at radius 3 is 2.36 bits per heavy atom. The van der Waals surface area contributed by atoms with Crippen LogP contribution >= 0.6 is 0 Å². The van der Waals surface area contributed by atoms with E-state index in [4.69, 9.17) is 0 Å². The summed E-state index contributed by atoms with van der Waals surface area (Å²) in [6.45, 7) is 15.3. The highest BCUT2D eigenvalue weighted by Gasteiger charge is 2.63. The van der Waals surface area contributed by atoms with Crippen LogP contribution in [-0.2, 0) is 0 Å².